The first-order valence-corrected chi connectivity index (χ1v) is 8.43. The Balaban J connectivity index is 1.54. The van der Waals surface area contributed by atoms with E-state index in [2.05, 4.69) is 41.2 Å². The fourth-order valence-electron chi connectivity index (χ4n) is 2.37. The zero-order valence-electron chi connectivity index (χ0n) is 15.4. The molecule has 0 atom stereocenters. The third-order valence-electron chi connectivity index (χ3n) is 3.56. The Morgan fingerprint density at radius 2 is 1.93 bits per heavy atom. The molecule has 3 rings (SSSR count). The minimum atomic E-state index is -0.267. The summed E-state index contributed by atoms with van der Waals surface area (Å²) in [6, 6.07) is 5.66. The second kappa shape index (κ2) is 8.21. The van der Waals surface area contributed by atoms with Crippen LogP contribution in [-0.2, 0) is 7.05 Å². The lowest BCUT2D eigenvalue weighted by molar-refractivity contribution is 0.0950. The van der Waals surface area contributed by atoms with E-state index in [0.717, 1.165) is 11.4 Å². The van der Waals surface area contributed by atoms with Crippen LogP contribution in [0.15, 0.2) is 30.6 Å². The van der Waals surface area contributed by atoms with Gasteiger partial charge in [0, 0.05) is 32.4 Å². The smallest absolute Gasteiger partial charge is 0.273 e. The van der Waals surface area contributed by atoms with Crippen molar-refractivity contribution in [2.24, 2.45) is 7.05 Å². The van der Waals surface area contributed by atoms with Gasteiger partial charge in [0.1, 0.15) is 23.3 Å². The third kappa shape index (κ3) is 5.21. The van der Waals surface area contributed by atoms with Crippen LogP contribution in [0.25, 0.3) is 0 Å². The molecule has 140 valence electrons. The number of hydrogen-bond donors (Lipinski definition) is 3. The molecule has 0 saturated carbocycles. The van der Waals surface area contributed by atoms with E-state index in [9.17, 15) is 4.79 Å². The lowest BCUT2D eigenvalue weighted by Crippen LogP contribution is -2.29. The number of aromatic nitrogens is 6. The molecule has 3 N–H and O–H groups in total. The van der Waals surface area contributed by atoms with Crippen LogP contribution in [0.2, 0.25) is 0 Å². The molecule has 0 radical (unpaired) electrons. The molecule has 27 heavy (non-hydrogen) atoms. The van der Waals surface area contributed by atoms with Crippen molar-refractivity contribution in [3.63, 3.8) is 0 Å². The third-order valence-corrected chi connectivity index (χ3v) is 3.56. The van der Waals surface area contributed by atoms with Crippen molar-refractivity contribution in [1.29, 1.82) is 0 Å². The van der Waals surface area contributed by atoms with Crippen molar-refractivity contribution in [2.45, 2.75) is 13.8 Å². The Kier molecular flexibility index (Phi) is 5.55. The highest BCUT2D eigenvalue weighted by Gasteiger charge is 2.09. The van der Waals surface area contributed by atoms with Crippen LogP contribution in [0.4, 0.5) is 17.5 Å². The van der Waals surface area contributed by atoms with Crippen molar-refractivity contribution in [2.75, 3.05) is 23.7 Å². The summed E-state index contributed by atoms with van der Waals surface area (Å²) in [7, 11) is 1.71. The van der Waals surface area contributed by atoms with Crippen LogP contribution in [0.1, 0.15) is 21.9 Å². The molecule has 1 amide bonds. The number of aryl methyl sites for hydroxylation is 3. The monoisotopic (exact) mass is 367 g/mol. The summed E-state index contributed by atoms with van der Waals surface area (Å²) in [6.45, 7) is 4.74. The second-order valence-electron chi connectivity index (χ2n) is 5.99. The first-order valence-electron chi connectivity index (χ1n) is 8.43. The molecule has 3 aromatic heterocycles. The van der Waals surface area contributed by atoms with Gasteiger partial charge in [0.2, 0.25) is 0 Å². The summed E-state index contributed by atoms with van der Waals surface area (Å²) in [5.41, 5.74) is 1.39. The highest BCUT2D eigenvalue weighted by atomic mass is 16.2. The highest BCUT2D eigenvalue weighted by molar-refractivity contribution is 5.91. The summed E-state index contributed by atoms with van der Waals surface area (Å²) in [4.78, 5) is 24.9. The van der Waals surface area contributed by atoms with Crippen molar-refractivity contribution in [3.05, 3.63) is 47.7 Å². The van der Waals surface area contributed by atoms with Gasteiger partial charge in [0.05, 0.1) is 6.20 Å². The fraction of sp³-hybridized carbons (Fsp3) is 0.294. The number of amides is 1. The predicted molar refractivity (Wildman–Crippen MR) is 101 cm³/mol. The highest BCUT2D eigenvalue weighted by Crippen LogP contribution is 2.16. The Hall–Kier alpha value is -3.56. The molecular formula is C17H21N9O. The topological polar surface area (TPSA) is 123 Å². The zero-order valence-corrected chi connectivity index (χ0v) is 15.4. The van der Waals surface area contributed by atoms with Gasteiger partial charge in [-0.15, -0.1) is 5.10 Å². The van der Waals surface area contributed by atoms with E-state index in [4.69, 9.17) is 0 Å². The van der Waals surface area contributed by atoms with Crippen LogP contribution >= 0.6 is 0 Å². The molecule has 0 saturated heterocycles. The molecule has 0 bridgehead atoms. The van der Waals surface area contributed by atoms with Gasteiger partial charge in [-0.05, 0) is 31.5 Å². The molecule has 0 spiro atoms. The van der Waals surface area contributed by atoms with Crippen LogP contribution in [0.3, 0.4) is 0 Å². The van der Waals surface area contributed by atoms with E-state index in [1.807, 2.05) is 26.0 Å². The summed E-state index contributed by atoms with van der Waals surface area (Å²) in [5, 5.41) is 16.6. The number of nitrogens with one attached hydrogen (secondary N) is 3. The molecule has 10 heteroatoms. The van der Waals surface area contributed by atoms with E-state index in [1.54, 1.807) is 25.5 Å². The van der Waals surface area contributed by atoms with Crippen LogP contribution < -0.4 is 16.0 Å². The molecule has 3 aromatic rings. The van der Waals surface area contributed by atoms with Crippen LogP contribution in [-0.4, -0.2) is 48.9 Å². The summed E-state index contributed by atoms with van der Waals surface area (Å²) in [6.07, 6.45) is 3.30. The summed E-state index contributed by atoms with van der Waals surface area (Å²) >= 11 is 0. The van der Waals surface area contributed by atoms with Crippen molar-refractivity contribution >= 4 is 23.4 Å². The molecule has 3 heterocycles. The average Bonchev–Trinajstić information content (AvgIpc) is 3.05. The first kappa shape index (κ1) is 18.2. The van der Waals surface area contributed by atoms with Gasteiger partial charge in [0.15, 0.2) is 5.69 Å². The number of hydrogen-bond acceptors (Lipinski definition) is 8. The van der Waals surface area contributed by atoms with E-state index in [0.29, 0.717) is 30.5 Å². The number of anilines is 3. The molecule has 0 aliphatic heterocycles. The second-order valence-corrected chi connectivity index (χ2v) is 5.99. The van der Waals surface area contributed by atoms with Gasteiger partial charge < -0.3 is 16.0 Å². The van der Waals surface area contributed by atoms with Gasteiger partial charge in [-0.25, -0.2) is 15.0 Å². The molecule has 10 nitrogen and oxygen atoms in total. The SMILES string of the molecule is Cc1ccnc(Nc2cc(NCCNC(=O)c3cn(C)nn3)nc(C)n2)c1. The molecule has 0 aliphatic rings. The van der Waals surface area contributed by atoms with Crippen molar-refractivity contribution in [1.82, 2.24) is 35.3 Å². The van der Waals surface area contributed by atoms with Crippen LogP contribution in [0.5, 0.6) is 0 Å². The van der Waals surface area contributed by atoms with Gasteiger partial charge in [-0.2, -0.15) is 0 Å². The lowest BCUT2D eigenvalue weighted by Gasteiger charge is -2.10. The van der Waals surface area contributed by atoms with Gasteiger partial charge in [0.25, 0.3) is 5.91 Å². The molecular weight excluding hydrogens is 346 g/mol. The molecule has 0 aromatic carbocycles. The van der Waals surface area contributed by atoms with Gasteiger partial charge >= 0.3 is 0 Å². The number of carbonyl (C=O) groups is 1. The predicted octanol–water partition coefficient (Wildman–Crippen LogP) is 1.20. The maximum Gasteiger partial charge on any atom is 0.273 e. The number of carbonyl (C=O) groups excluding carboxylic acids is 1. The summed E-state index contributed by atoms with van der Waals surface area (Å²) in [5.74, 6) is 2.38. The maximum atomic E-state index is 11.9. The number of rotatable bonds is 7. The van der Waals surface area contributed by atoms with Gasteiger partial charge in [-0.3, -0.25) is 9.48 Å². The molecule has 0 fully saturated rings. The summed E-state index contributed by atoms with van der Waals surface area (Å²) < 4.78 is 1.48. The van der Waals surface area contributed by atoms with Crippen molar-refractivity contribution < 1.29 is 4.79 Å². The Morgan fingerprint density at radius 1 is 1.11 bits per heavy atom. The first-order chi connectivity index (χ1) is 13.0. The minimum absolute atomic E-state index is 0.267. The average molecular weight is 367 g/mol. The fourth-order valence-corrected chi connectivity index (χ4v) is 2.37. The van der Waals surface area contributed by atoms with Crippen molar-refractivity contribution in [3.8, 4) is 0 Å². The Labute approximate surface area is 156 Å². The Morgan fingerprint density at radius 3 is 2.67 bits per heavy atom. The van der Waals surface area contributed by atoms with Crippen LogP contribution in [0, 0.1) is 13.8 Å². The standard InChI is InChI=1S/C17H21N9O/c1-11-4-5-18-14(8-11)23-16-9-15(21-12(2)22-16)19-6-7-20-17(27)13-10-26(3)25-24-13/h4-5,8-10H,6-7H2,1-3H3,(H,20,27)(H2,18,19,21,22,23). The number of nitrogens with zero attached hydrogens (tertiary/aromatic N) is 6. The Bertz CT molecular complexity index is 938. The largest absolute Gasteiger partial charge is 0.368 e. The zero-order chi connectivity index (χ0) is 19.2. The minimum Gasteiger partial charge on any atom is -0.368 e. The normalized spacial score (nSPS) is 10.5. The van der Waals surface area contributed by atoms with E-state index < -0.39 is 0 Å². The van der Waals surface area contributed by atoms with E-state index in [-0.39, 0.29) is 11.6 Å². The molecule has 0 aliphatic carbocycles. The van der Waals surface area contributed by atoms with E-state index in [1.165, 1.54) is 4.68 Å². The maximum absolute atomic E-state index is 11.9. The quantitative estimate of drug-likeness (QED) is 0.533. The lowest BCUT2D eigenvalue weighted by atomic mass is 10.3. The number of pyridine rings is 1. The van der Waals surface area contributed by atoms with Gasteiger partial charge in [-0.1, -0.05) is 5.21 Å². The van der Waals surface area contributed by atoms with E-state index >= 15 is 0 Å². The molecule has 0 unspecified atom stereocenters.